The number of ether oxygens (including phenoxy) is 1. The van der Waals surface area contributed by atoms with E-state index in [1.54, 1.807) is 11.3 Å². The van der Waals surface area contributed by atoms with Crippen molar-refractivity contribution in [3.8, 4) is 17.0 Å². The molecule has 4 heteroatoms. The first kappa shape index (κ1) is 11.7. The number of aromatic nitrogens is 1. The van der Waals surface area contributed by atoms with Crippen LogP contribution in [0.4, 0.5) is 0 Å². The number of hydrogen-bond donors (Lipinski definition) is 1. The molecule has 0 fully saturated rings. The Morgan fingerprint density at radius 1 is 1.39 bits per heavy atom. The van der Waals surface area contributed by atoms with Crippen molar-refractivity contribution in [1.82, 2.24) is 4.98 Å². The summed E-state index contributed by atoms with van der Waals surface area (Å²) >= 11 is 1.68. The number of hydrogen-bond acceptors (Lipinski definition) is 4. The summed E-state index contributed by atoms with van der Waals surface area (Å²) in [5, 5.41) is 3.22. The molecular weight excluding hydrogens is 244 g/mol. The summed E-state index contributed by atoms with van der Waals surface area (Å²) in [5.74, 6) is 1.03. The fraction of sp³-hybridized carbons (Fsp3) is 0.357. The first-order chi connectivity index (χ1) is 8.86. The Balaban J connectivity index is 1.91. The van der Waals surface area contributed by atoms with Gasteiger partial charge in [-0.05, 0) is 43.1 Å². The molecule has 0 atom stereocenters. The average molecular weight is 260 g/mol. The average Bonchev–Trinajstić information content (AvgIpc) is 2.87. The molecule has 1 aliphatic rings. The maximum absolute atomic E-state index is 5.62. The molecule has 3 rings (SSSR count). The third-order valence-electron chi connectivity index (χ3n) is 3.11. The van der Waals surface area contributed by atoms with Gasteiger partial charge in [0.05, 0.1) is 17.3 Å². The number of benzene rings is 1. The van der Waals surface area contributed by atoms with Crippen molar-refractivity contribution in [2.75, 3.05) is 13.2 Å². The fourth-order valence-electron chi connectivity index (χ4n) is 2.20. The van der Waals surface area contributed by atoms with Crippen LogP contribution < -0.4 is 10.5 Å². The third-order valence-corrected chi connectivity index (χ3v) is 4.02. The second kappa shape index (κ2) is 5.08. The van der Waals surface area contributed by atoms with Gasteiger partial charge in [-0.1, -0.05) is 0 Å². The van der Waals surface area contributed by atoms with Crippen molar-refractivity contribution >= 4 is 11.3 Å². The standard InChI is InChI=1S/C14H16N2OS/c15-6-5-14-16-12(9-18-14)10-3-4-13-11(8-10)2-1-7-17-13/h3-4,8-9H,1-2,5-7,15H2. The predicted molar refractivity (Wildman–Crippen MR) is 74.1 cm³/mol. The maximum Gasteiger partial charge on any atom is 0.122 e. The van der Waals surface area contributed by atoms with Crippen LogP contribution in [0, 0.1) is 0 Å². The highest BCUT2D eigenvalue weighted by Gasteiger charge is 2.12. The number of rotatable bonds is 3. The van der Waals surface area contributed by atoms with Crippen LogP contribution in [0.25, 0.3) is 11.3 Å². The van der Waals surface area contributed by atoms with Crippen LogP contribution in [0.1, 0.15) is 17.0 Å². The highest BCUT2D eigenvalue weighted by Crippen LogP contribution is 2.30. The van der Waals surface area contributed by atoms with Crippen molar-refractivity contribution in [3.05, 3.63) is 34.2 Å². The molecule has 94 valence electrons. The van der Waals surface area contributed by atoms with Crippen LogP contribution in [0.15, 0.2) is 23.6 Å². The second-order valence-electron chi connectivity index (χ2n) is 4.44. The Kier molecular flexibility index (Phi) is 3.30. The third kappa shape index (κ3) is 2.26. The van der Waals surface area contributed by atoms with Crippen molar-refractivity contribution in [2.45, 2.75) is 19.3 Å². The van der Waals surface area contributed by atoms with Gasteiger partial charge in [0.15, 0.2) is 0 Å². The molecule has 0 bridgehead atoms. The Morgan fingerprint density at radius 2 is 2.33 bits per heavy atom. The fourth-order valence-corrected chi connectivity index (χ4v) is 3.02. The van der Waals surface area contributed by atoms with Gasteiger partial charge in [-0.2, -0.15) is 0 Å². The van der Waals surface area contributed by atoms with Crippen LogP contribution >= 0.6 is 11.3 Å². The monoisotopic (exact) mass is 260 g/mol. The van der Waals surface area contributed by atoms with Crippen LogP contribution in [-0.2, 0) is 12.8 Å². The summed E-state index contributed by atoms with van der Waals surface area (Å²) in [6, 6.07) is 6.35. The van der Waals surface area contributed by atoms with E-state index in [2.05, 4.69) is 28.6 Å². The summed E-state index contributed by atoms with van der Waals surface area (Å²) in [6.45, 7) is 1.49. The van der Waals surface area contributed by atoms with E-state index in [1.807, 2.05) is 0 Å². The zero-order valence-electron chi connectivity index (χ0n) is 10.2. The smallest absolute Gasteiger partial charge is 0.122 e. The highest BCUT2D eigenvalue weighted by atomic mass is 32.1. The van der Waals surface area contributed by atoms with Gasteiger partial charge in [0, 0.05) is 17.4 Å². The molecule has 2 heterocycles. The highest BCUT2D eigenvalue weighted by molar-refractivity contribution is 7.09. The van der Waals surface area contributed by atoms with Crippen molar-refractivity contribution < 1.29 is 4.74 Å². The van der Waals surface area contributed by atoms with Crippen LogP contribution in [-0.4, -0.2) is 18.1 Å². The minimum atomic E-state index is 0.658. The predicted octanol–water partition coefficient (Wildman–Crippen LogP) is 2.64. The largest absolute Gasteiger partial charge is 0.493 e. The number of fused-ring (bicyclic) bond motifs is 1. The van der Waals surface area contributed by atoms with Crippen molar-refractivity contribution in [2.24, 2.45) is 5.73 Å². The Bertz CT molecular complexity index is 550. The number of nitrogens with zero attached hydrogens (tertiary/aromatic N) is 1. The van der Waals surface area contributed by atoms with E-state index in [4.69, 9.17) is 10.5 Å². The number of thiazole rings is 1. The maximum atomic E-state index is 5.62. The van der Waals surface area contributed by atoms with E-state index in [0.29, 0.717) is 6.54 Å². The van der Waals surface area contributed by atoms with E-state index < -0.39 is 0 Å². The first-order valence-corrected chi connectivity index (χ1v) is 7.15. The summed E-state index contributed by atoms with van der Waals surface area (Å²) in [6.07, 6.45) is 3.06. The lowest BCUT2D eigenvalue weighted by molar-refractivity contribution is 0.288. The normalized spacial score (nSPS) is 14.1. The van der Waals surface area contributed by atoms with Crippen LogP contribution in [0.3, 0.4) is 0 Å². The van der Waals surface area contributed by atoms with Gasteiger partial charge in [-0.25, -0.2) is 4.98 Å². The zero-order valence-corrected chi connectivity index (χ0v) is 11.0. The minimum Gasteiger partial charge on any atom is -0.493 e. The topological polar surface area (TPSA) is 48.1 Å². The number of aryl methyl sites for hydroxylation is 1. The van der Waals surface area contributed by atoms with Crippen molar-refractivity contribution in [1.29, 1.82) is 0 Å². The number of nitrogens with two attached hydrogens (primary N) is 1. The molecule has 0 aliphatic carbocycles. The molecule has 3 nitrogen and oxygen atoms in total. The molecule has 0 unspecified atom stereocenters. The van der Waals surface area contributed by atoms with Crippen LogP contribution in [0.2, 0.25) is 0 Å². The molecule has 0 saturated heterocycles. The quantitative estimate of drug-likeness (QED) is 0.923. The van der Waals surface area contributed by atoms with Gasteiger partial charge in [-0.3, -0.25) is 0 Å². The summed E-state index contributed by atoms with van der Waals surface area (Å²) < 4.78 is 5.62. The molecule has 2 N–H and O–H groups in total. The first-order valence-electron chi connectivity index (χ1n) is 6.27. The molecule has 1 aromatic carbocycles. The molecule has 18 heavy (non-hydrogen) atoms. The molecule has 0 spiro atoms. The molecule has 0 saturated carbocycles. The van der Waals surface area contributed by atoms with Gasteiger partial charge in [0.1, 0.15) is 5.75 Å². The molecule has 0 amide bonds. The van der Waals surface area contributed by atoms with Gasteiger partial charge in [0.25, 0.3) is 0 Å². The van der Waals surface area contributed by atoms with Crippen molar-refractivity contribution in [3.63, 3.8) is 0 Å². The molecule has 0 radical (unpaired) electrons. The van der Waals surface area contributed by atoms with E-state index in [-0.39, 0.29) is 0 Å². The van der Waals surface area contributed by atoms with Crippen LogP contribution in [0.5, 0.6) is 5.75 Å². The van der Waals surface area contributed by atoms with E-state index in [0.717, 1.165) is 42.3 Å². The van der Waals surface area contributed by atoms with Gasteiger partial charge in [-0.15, -0.1) is 11.3 Å². The lowest BCUT2D eigenvalue weighted by Crippen LogP contribution is -2.08. The minimum absolute atomic E-state index is 0.658. The summed E-state index contributed by atoms with van der Waals surface area (Å²) in [7, 11) is 0. The molecule has 1 aromatic heterocycles. The van der Waals surface area contributed by atoms with Gasteiger partial charge < -0.3 is 10.5 Å². The van der Waals surface area contributed by atoms with E-state index in [1.165, 1.54) is 11.1 Å². The lowest BCUT2D eigenvalue weighted by atomic mass is 10.0. The molecular formula is C14H16N2OS. The Hall–Kier alpha value is -1.39. The SMILES string of the molecule is NCCc1nc(-c2ccc3c(c2)CCCO3)cs1. The van der Waals surface area contributed by atoms with E-state index in [9.17, 15) is 0 Å². The summed E-state index contributed by atoms with van der Waals surface area (Å²) in [4.78, 5) is 4.62. The zero-order chi connectivity index (χ0) is 12.4. The Labute approximate surface area is 111 Å². The molecule has 1 aliphatic heterocycles. The van der Waals surface area contributed by atoms with E-state index >= 15 is 0 Å². The Morgan fingerprint density at radius 3 is 3.22 bits per heavy atom. The second-order valence-corrected chi connectivity index (χ2v) is 5.38. The molecule has 2 aromatic rings. The lowest BCUT2D eigenvalue weighted by Gasteiger charge is -2.17. The van der Waals surface area contributed by atoms with Gasteiger partial charge >= 0.3 is 0 Å². The van der Waals surface area contributed by atoms with Gasteiger partial charge in [0.2, 0.25) is 0 Å². The summed E-state index contributed by atoms with van der Waals surface area (Å²) in [5.41, 5.74) is 9.08.